The second kappa shape index (κ2) is 5.19. The maximum Gasteiger partial charge on any atom is 0.418 e. The van der Waals surface area contributed by atoms with Gasteiger partial charge in [-0.1, -0.05) is 25.4 Å². The van der Waals surface area contributed by atoms with Crippen LogP contribution >= 0.6 is 11.6 Å². The summed E-state index contributed by atoms with van der Waals surface area (Å²) in [5.74, 6) is 0.000616. The lowest BCUT2D eigenvalue weighted by molar-refractivity contribution is -0.137. The zero-order chi connectivity index (χ0) is 15.0. The molecule has 0 aliphatic rings. The molecule has 0 aromatic heterocycles. The molecule has 108 valence electrons. The van der Waals surface area contributed by atoms with Gasteiger partial charge in [-0.3, -0.25) is 5.73 Å². The first-order valence-corrected chi connectivity index (χ1v) is 6.01. The van der Waals surface area contributed by atoms with E-state index in [1.165, 1.54) is 0 Å². The monoisotopic (exact) mass is 296 g/mol. The van der Waals surface area contributed by atoms with Gasteiger partial charge >= 0.3 is 6.18 Å². The van der Waals surface area contributed by atoms with Gasteiger partial charge in [-0.2, -0.15) is 13.2 Å². The molecule has 1 unspecified atom stereocenters. The van der Waals surface area contributed by atoms with Crippen LogP contribution in [0, 0.1) is 5.92 Å². The van der Waals surface area contributed by atoms with Crippen LogP contribution in [0.5, 0.6) is 0 Å². The highest BCUT2D eigenvalue weighted by Crippen LogP contribution is 2.39. The highest BCUT2D eigenvalue weighted by molar-refractivity contribution is 6.33. The average Bonchev–Trinajstić information content (AvgIpc) is 2.17. The summed E-state index contributed by atoms with van der Waals surface area (Å²) in [5, 5.41) is 9.79. The summed E-state index contributed by atoms with van der Waals surface area (Å²) in [6, 6.07) is 1.90. The molecule has 1 aromatic rings. The molecule has 0 aliphatic heterocycles. The quantitative estimate of drug-likeness (QED) is 0.593. The number of hydrogen-bond donors (Lipinski definition) is 3. The fourth-order valence-electron chi connectivity index (χ4n) is 1.84. The Bertz CT molecular complexity index is 473. The molecule has 1 aromatic carbocycles. The summed E-state index contributed by atoms with van der Waals surface area (Å²) in [4.78, 5) is 0. The van der Waals surface area contributed by atoms with Gasteiger partial charge in [-0.05, 0) is 24.5 Å². The molecule has 5 N–H and O–H groups in total. The summed E-state index contributed by atoms with van der Waals surface area (Å²) in [5.41, 5.74) is 7.31. The molecule has 1 atom stereocenters. The number of nitrogens with two attached hydrogens (primary N) is 2. The second-order valence-corrected chi connectivity index (χ2v) is 5.35. The molecule has 0 spiro atoms. The van der Waals surface area contributed by atoms with Gasteiger partial charge in [-0.25, -0.2) is 0 Å². The van der Waals surface area contributed by atoms with Crippen molar-refractivity contribution in [2.75, 3.05) is 5.73 Å². The highest BCUT2D eigenvalue weighted by Gasteiger charge is 2.36. The number of nitrogen functional groups attached to an aromatic ring is 1. The van der Waals surface area contributed by atoms with E-state index in [2.05, 4.69) is 0 Å². The van der Waals surface area contributed by atoms with Crippen LogP contribution in [0.1, 0.15) is 31.4 Å². The van der Waals surface area contributed by atoms with E-state index in [9.17, 15) is 18.3 Å². The minimum absolute atomic E-state index is 0.000616. The Balaban J connectivity index is 3.36. The van der Waals surface area contributed by atoms with Crippen LogP contribution < -0.4 is 11.5 Å². The Kier molecular flexibility index (Phi) is 4.39. The Morgan fingerprint density at radius 2 is 1.84 bits per heavy atom. The van der Waals surface area contributed by atoms with E-state index in [0.717, 1.165) is 12.1 Å². The average molecular weight is 297 g/mol. The van der Waals surface area contributed by atoms with Crippen molar-refractivity contribution in [3.63, 3.8) is 0 Å². The number of aliphatic hydroxyl groups is 1. The molecule has 0 heterocycles. The third kappa shape index (κ3) is 3.75. The first kappa shape index (κ1) is 16.1. The predicted molar refractivity (Wildman–Crippen MR) is 68.4 cm³/mol. The van der Waals surface area contributed by atoms with Crippen molar-refractivity contribution in [2.45, 2.75) is 32.2 Å². The number of hydrogen-bond acceptors (Lipinski definition) is 3. The van der Waals surface area contributed by atoms with Crippen LogP contribution in [0.3, 0.4) is 0 Å². The molecule has 0 aliphatic carbocycles. The molecule has 7 heteroatoms. The van der Waals surface area contributed by atoms with Crippen molar-refractivity contribution in [2.24, 2.45) is 11.7 Å². The van der Waals surface area contributed by atoms with E-state index in [-0.39, 0.29) is 22.9 Å². The molecule has 0 bridgehead atoms. The molecule has 0 radical (unpaired) electrons. The number of benzene rings is 1. The van der Waals surface area contributed by atoms with Gasteiger partial charge in [0.1, 0.15) is 5.72 Å². The fraction of sp³-hybridized carbons (Fsp3) is 0.500. The minimum Gasteiger partial charge on any atom is -0.397 e. The van der Waals surface area contributed by atoms with E-state index in [4.69, 9.17) is 23.1 Å². The Hall–Kier alpha value is -0.980. The van der Waals surface area contributed by atoms with Crippen LogP contribution in [0.25, 0.3) is 0 Å². The minimum atomic E-state index is -4.66. The smallest absolute Gasteiger partial charge is 0.397 e. The third-order valence-corrected chi connectivity index (χ3v) is 2.97. The van der Waals surface area contributed by atoms with Gasteiger partial charge < -0.3 is 10.8 Å². The molecular weight excluding hydrogens is 281 g/mol. The van der Waals surface area contributed by atoms with E-state index in [1.807, 2.05) is 0 Å². The lowest BCUT2D eigenvalue weighted by Gasteiger charge is -2.27. The van der Waals surface area contributed by atoms with Crippen molar-refractivity contribution in [3.05, 3.63) is 28.3 Å². The van der Waals surface area contributed by atoms with Gasteiger partial charge in [0.05, 0.1) is 16.3 Å². The zero-order valence-corrected chi connectivity index (χ0v) is 11.3. The van der Waals surface area contributed by atoms with E-state index in [1.54, 1.807) is 13.8 Å². The molecule has 0 saturated heterocycles. The summed E-state index contributed by atoms with van der Waals surface area (Å²) >= 11 is 5.68. The van der Waals surface area contributed by atoms with Gasteiger partial charge in [0.2, 0.25) is 0 Å². The van der Waals surface area contributed by atoms with Crippen molar-refractivity contribution < 1.29 is 18.3 Å². The Morgan fingerprint density at radius 3 is 2.26 bits per heavy atom. The molecule has 0 fully saturated rings. The number of anilines is 1. The predicted octanol–water partition coefficient (Wildman–Crippen LogP) is 3.09. The molecule has 19 heavy (non-hydrogen) atoms. The lowest BCUT2D eigenvalue weighted by Crippen LogP contribution is -2.38. The van der Waals surface area contributed by atoms with Crippen LogP contribution in [-0.4, -0.2) is 5.11 Å². The standard InChI is InChI=1S/C12H16ClF3N2O/c1-6(2)5-11(18,19)7-3-8(12(14,15)16)10(17)9(13)4-7/h3-4,6,19H,5,17-18H2,1-2H3. The molecule has 3 nitrogen and oxygen atoms in total. The Morgan fingerprint density at radius 1 is 1.32 bits per heavy atom. The number of rotatable bonds is 3. The molecular formula is C12H16ClF3N2O. The first-order valence-electron chi connectivity index (χ1n) is 5.63. The third-order valence-electron chi connectivity index (χ3n) is 2.65. The van der Waals surface area contributed by atoms with Crippen LogP contribution in [0.15, 0.2) is 12.1 Å². The van der Waals surface area contributed by atoms with Crippen molar-refractivity contribution in [1.82, 2.24) is 0 Å². The summed E-state index contributed by atoms with van der Waals surface area (Å²) in [7, 11) is 0. The van der Waals surface area contributed by atoms with Crippen LogP contribution in [-0.2, 0) is 11.9 Å². The van der Waals surface area contributed by atoms with Crippen LogP contribution in [0.2, 0.25) is 5.02 Å². The summed E-state index contributed by atoms with van der Waals surface area (Å²) in [6.07, 6.45) is -4.55. The summed E-state index contributed by atoms with van der Waals surface area (Å²) < 4.78 is 38.4. The topological polar surface area (TPSA) is 72.3 Å². The van der Waals surface area contributed by atoms with Gasteiger partial charge in [-0.15, -0.1) is 0 Å². The SMILES string of the molecule is CC(C)CC(N)(O)c1cc(Cl)c(N)c(C(F)(F)F)c1. The van der Waals surface area contributed by atoms with Gasteiger partial charge in [0, 0.05) is 5.56 Å². The molecule has 0 saturated carbocycles. The van der Waals surface area contributed by atoms with Crippen LogP contribution in [0.4, 0.5) is 18.9 Å². The summed E-state index contributed by atoms with van der Waals surface area (Å²) in [6.45, 7) is 3.59. The zero-order valence-electron chi connectivity index (χ0n) is 10.6. The first-order chi connectivity index (χ1) is 8.45. The maximum atomic E-state index is 12.8. The largest absolute Gasteiger partial charge is 0.418 e. The van der Waals surface area contributed by atoms with Gasteiger partial charge in [0.15, 0.2) is 0 Å². The van der Waals surface area contributed by atoms with E-state index < -0.39 is 23.2 Å². The highest BCUT2D eigenvalue weighted by atomic mass is 35.5. The maximum absolute atomic E-state index is 12.8. The molecule has 1 rings (SSSR count). The number of halogens is 4. The van der Waals surface area contributed by atoms with Crippen molar-refractivity contribution in [3.8, 4) is 0 Å². The normalized spacial score (nSPS) is 15.6. The number of alkyl halides is 3. The molecule has 0 amide bonds. The van der Waals surface area contributed by atoms with Crippen molar-refractivity contribution in [1.29, 1.82) is 0 Å². The second-order valence-electron chi connectivity index (χ2n) is 4.94. The fourth-order valence-corrected chi connectivity index (χ4v) is 2.06. The van der Waals surface area contributed by atoms with E-state index >= 15 is 0 Å². The Labute approximate surface area is 114 Å². The van der Waals surface area contributed by atoms with Gasteiger partial charge in [0.25, 0.3) is 0 Å². The lowest BCUT2D eigenvalue weighted by atomic mass is 9.92. The van der Waals surface area contributed by atoms with E-state index in [0.29, 0.717) is 0 Å². The van der Waals surface area contributed by atoms with Crippen molar-refractivity contribution >= 4 is 17.3 Å².